The highest BCUT2D eigenvalue weighted by molar-refractivity contribution is 5.96. The molecule has 1 aromatic heterocycles. The van der Waals surface area contributed by atoms with Crippen LogP contribution in [-0.4, -0.2) is 22.0 Å². The lowest BCUT2D eigenvalue weighted by molar-refractivity contribution is 0.0999. The summed E-state index contributed by atoms with van der Waals surface area (Å²) in [4.78, 5) is 18.6. The van der Waals surface area contributed by atoms with Gasteiger partial charge in [-0.1, -0.05) is 36.4 Å². The molecule has 0 fully saturated rings. The van der Waals surface area contributed by atoms with Crippen LogP contribution in [0.2, 0.25) is 0 Å². The molecule has 0 aliphatic carbocycles. The molecule has 5 nitrogen and oxygen atoms in total. The number of hydrogen-bond donors (Lipinski definition) is 1. The molecule has 0 saturated carbocycles. The van der Waals surface area contributed by atoms with Gasteiger partial charge in [0.25, 0.3) is 0 Å². The minimum Gasteiger partial charge on any atom is -0.366 e. The third-order valence-corrected chi connectivity index (χ3v) is 4.94. The predicted octanol–water partition coefficient (Wildman–Crippen LogP) is 2.98. The highest BCUT2D eigenvalue weighted by atomic mass is 16.1. The maximum atomic E-state index is 11.7. The van der Waals surface area contributed by atoms with E-state index < -0.39 is 0 Å². The van der Waals surface area contributed by atoms with E-state index in [1.54, 1.807) is 0 Å². The smallest absolute Gasteiger partial charge is 0.249 e. The number of nitrogens with zero attached hydrogens (tertiary/aromatic N) is 3. The molecule has 5 heteroatoms. The lowest BCUT2D eigenvalue weighted by Crippen LogP contribution is -2.31. The summed E-state index contributed by atoms with van der Waals surface area (Å²) in [6.07, 6.45) is 5.77. The van der Waals surface area contributed by atoms with Crippen molar-refractivity contribution in [3.8, 4) is 0 Å². The van der Waals surface area contributed by atoms with E-state index in [2.05, 4.69) is 44.8 Å². The van der Waals surface area contributed by atoms with E-state index in [-0.39, 0.29) is 5.91 Å². The van der Waals surface area contributed by atoms with Gasteiger partial charge in [-0.15, -0.1) is 0 Å². The number of anilines is 1. The van der Waals surface area contributed by atoms with Gasteiger partial charge in [-0.25, -0.2) is 4.98 Å². The summed E-state index contributed by atoms with van der Waals surface area (Å²) in [5.74, 6) is 0.667. The van der Waals surface area contributed by atoms with Crippen LogP contribution in [0.4, 0.5) is 5.69 Å². The van der Waals surface area contributed by atoms with Crippen LogP contribution >= 0.6 is 0 Å². The van der Waals surface area contributed by atoms with Gasteiger partial charge in [-0.2, -0.15) is 0 Å². The van der Waals surface area contributed by atoms with Crippen molar-refractivity contribution in [3.63, 3.8) is 0 Å². The Kier molecular flexibility index (Phi) is 4.44. The number of aromatic nitrogens is 2. The molecule has 0 radical (unpaired) electrons. The molecule has 1 aliphatic heterocycles. The Bertz CT molecular complexity index is 917. The number of fused-ring (bicyclic) bond motifs is 1. The van der Waals surface area contributed by atoms with Gasteiger partial charge < -0.3 is 15.2 Å². The number of rotatable bonds is 5. The molecule has 0 saturated heterocycles. The maximum absolute atomic E-state index is 11.7. The molecule has 0 unspecified atom stereocenters. The molecular formula is C21H22N4O. The number of carbonyl (C=O) groups is 1. The van der Waals surface area contributed by atoms with Crippen molar-refractivity contribution in [3.05, 3.63) is 83.4 Å². The van der Waals surface area contributed by atoms with E-state index >= 15 is 0 Å². The van der Waals surface area contributed by atoms with Gasteiger partial charge in [0.2, 0.25) is 5.91 Å². The topological polar surface area (TPSA) is 64.2 Å². The average molecular weight is 346 g/mol. The Morgan fingerprint density at radius 1 is 1.08 bits per heavy atom. The van der Waals surface area contributed by atoms with Crippen LogP contribution in [0.15, 0.2) is 60.9 Å². The summed E-state index contributed by atoms with van der Waals surface area (Å²) in [6.45, 7) is 2.47. The third kappa shape index (κ3) is 3.20. The summed E-state index contributed by atoms with van der Waals surface area (Å²) in [5, 5.41) is 0. The minimum absolute atomic E-state index is 0.353. The largest absolute Gasteiger partial charge is 0.366 e. The number of benzene rings is 2. The monoisotopic (exact) mass is 346 g/mol. The lowest BCUT2D eigenvalue weighted by Gasteiger charge is -2.32. The van der Waals surface area contributed by atoms with Crippen LogP contribution in [0, 0.1) is 0 Å². The first kappa shape index (κ1) is 16.4. The first-order chi connectivity index (χ1) is 12.7. The lowest BCUT2D eigenvalue weighted by atomic mass is 9.96. The Hall–Kier alpha value is -3.08. The van der Waals surface area contributed by atoms with Gasteiger partial charge in [0.15, 0.2) is 0 Å². The van der Waals surface area contributed by atoms with Gasteiger partial charge in [0.1, 0.15) is 5.82 Å². The first-order valence-electron chi connectivity index (χ1n) is 8.93. The molecule has 132 valence electrons. The Labute approximate surface area is 153 Å². The van der Waals surface area contributed by atoms with Gasteiger partial charge in [-0.3, -0.25) is 4.79 Å². The first-order valence-corrected chi connectivity index (χ1v) is 8.93. The van der Waals surface area contributed by atoms with E-state index in [9.17, 15) is 4.79 Å². The van der Waals surface area contributed by atoms with Crippen LogP contribution in [0.5, 0.6) is 0 Å². The highest BCUT2D eigenvalue weighted by Crippen LogP contribution is 2.30. The van der Waals surface area contributed by atoms with E-state index in [0.717, 1.165) is 49.6 Å². The molecule has 1 amide bonds. The molecule has 3 aromatic rings. The van der Waals surface area contributed by atoms with Crippen LogP contribution in [0.1, 0.15) is 33.7 Å². The molecule has 1 aliphatic rings. The van der Waals surface area contributed by atoms with Crippen molar-refractivity contribution < 1.29 is 4.79 Å². The van der Waals surface area contributed by atoms with Gasteiger partial charge in [-0.05, 0) is 36.1 Å². The summed E-state index contributed by atoms with van der Waals surface area (Å²) in [5.41, 5.74) is 9.61. The van der Waals surface area contributed by atoms with Crippen molar-refractivity contribution in [1.82, 2.24) is 9.55 Å². The second-order valence-electron chi connectivity index (χ2n) is 6.65. The maximum Gasteiger partial charge on any atom is 0.249 e. The Morgan fingerprint density at radius 2 is 1.92 bits per heavy atom. The summed E-state index contributed by atoms with van der Waals surface area (Å²) in [7, 11) is 0. The van der Waals surface area contributed by atoms with Crippen molar-refractivity contribution in [2.24, 2.45) is 5.73 Å². The predicted molar refractivity (Wildman–Crippen MR) is 102 cm³/mol. The van der Waals surface area contributed by atoms with Crippen LogP contribution < -0.4 is 10.6 Å². The van der Waals surface area contributed by atoms with Crippen LogP contribution in [0.25, 0.3) is 0 Å². The molecule has 2 aromatic carbocycles. The zero-order chi connectivity index (χ0) is 17.9. The third-order valence-electron chi connectivity index (χ3n) is 4.94. The highest BCUT2D eigenvalue weighted by Gasteiger charge is 2.22. The fourth-order valence-electron chi connectivity index (χ4n) is 3.68. The van der Waals surface area contributed by atoms with Gasteiger partial charge in [0, 0.05) is 36.7 Å². The van der Waals surface area contributed by atoms with Crippen molar-refractivity contribution in [2.75, 3.05) is 11.4 Å². The molecular weight excluding hydrogens is 324 g/mol. The second kappa shape index (κ2) is 7.04. The number of amides is 1. The molecule has 2 N–H and O–H groups in total. The molecule has 26 heavy (non-hydrogen) atoms. The fraction of sp³-hybridized carbons (Fsp3) is 0.238. The van der Waals surface area contributed by atoms with E-state index in [0.29, 0.717) is 5.56 Å². The number of carbonyl (C=O) groups excluding carboxylic acids is 1. The van der Waals surface area contributed by atoms with Crippen molar-refractivity contribution >= 4 is 11.6 Å². The SMILES string of the molecule is NC(=O)c1cccc2c1CCCN2Cc1nccn1Cc1ccccc1. The van der Waals surface area contributed by atoms with E-state index in [1.807, 2.05) is 30.6 Å². The Morgan fingerprint density at radius 3 is 2.73 bits per heavy atom. The Balaban J connectivity index is 1.60. The van der Waals surface area contributed by atoms with Gasteiger partial charge in [0.05, 0.1) is 6.54 Å². The minimum atomic E-state index is -0.353. The van der Waals surface area contributed by atoms with E-state index in [4.69, 9.17) is 5.73 Å². The number of primary amides is 1. The summed E-state index contributed by atoms with van der Waals surface area (Å²) < 4.78 is 2.18. The second-order valence-corrected chi connectivity index (χ2v) is 6.65. The summed E-state index contributed by atoms with van der Waals surface area (Å²) >= 11 is 0. The van der Waals surface area contributed by atoms with Crippen LogP contribution in [-0.2, 0) is 19.5 Å². The number of hydrogen-bond acceptors (Lipinski definition) is 3. The molecule has 0 bridgehead atoms. The van der Waals surface area contributed by atoms with Crippen LogP contribution in [0.3, 0.4) is 0 Å². The van der Waals surface area contributed by atoms with E-state index in [1.165, 1.54) is 5.56 Å². The standard InChI is InChI=1S/C21H22N4O/c22-21(26)18-8-4-10-19-17(18)9-5-12-24(19)15-20-23-11-13-25(20)14-16-6-2-1-3-7-16/h1-4,6-8,10-11,13H,5,9,12,14-15H2,(H2,22,26). The quantitative estimate of drug-likeness (QED) is 0.772. The molecule has 0 atom stereocenters. The van der Waals surface area contributed by atoms with Crippen molar-refractivity contribution in [1.29, 1.82) is 0 Å². The molecule has 2 heterocycles. The number of imidazole rings is 1. The zero-order valence-electron chi connectivity index (χ0n) is 14.6. The normalized spacial score (nSPS) is 13.5. The zero-order valence-corrected chi connectivity index (χ0v) is 14.6. The van der Waals surface area contributed by atoms with Gasteiger partial charge >= 0.3 is 0 Å². The fourth-order valence-corrected chi connectivity index (χ4v) is 3.68. The average Bonchev–Trinajstić information content (AvgIpc) is 3.09. The summed E-state index contributed by atoms with van der Waals surface area (Å²) in [6, 6.07) is 16.2. The van der Waals surface area contributed by atoms with Crippen molar-refractivity contribution in [2.45, 2.75) is 25.9 Å². The molecule has 0 spiro atoms. The number of nitrogens with two attached hydrogens (primary N) is 1. The molecule has 4 rings (SSSR count).